The standard InChI is InChI=1S/C20H18F3N5O/c21-20(22,23)15-5-1-2-6-16(15)26-9-13-11-27(12-14(13)10-26)19(29)18-25-24-17-7-3-4-8-28(17)18/h1-8,13-14H,9-12H2/t13-,14+. The molecule has 0 unspecified atom stereocenters. The molecule has 2 aromatic heterocycles. The minimum Gasteiger partial charge on any atom is -0.370 e. The monoisotopic (exact) mass is 401 g/mol. The van der Waals surface area contributed by atoms with Gasteiger partial charge in [-0.15, -0.1) is 10.2 Å². The highest BCUT2D eigenvalue weighted by Gasteiger charge is 2.44. The van der Waals surface area contributed by atoms with E-state index in [1.165, 1.54) is 12.1 Å². The first-order chi connectivity index (χ1) is 13.9. The fourth-order valence-electron chi connectivity index (χ4n) is 4.47. The van der Waals surface area contributed by atoms with Crippen LogP contribution < -0.4 is 4.90 Å². The van der Waals surface area contributed by atoms with E-state index in [0.717, 1.165) is 6.07 Å². The van der Waals surface area contributed by atoms with Gasteiger partial charge >= 0.3 is 6.18 Å². The van der Waals surface area contributed by atoms with E-state index in [-0.39, 0.29) is 29.3 Å². The number of nitrogens with zero attached hydrogens (tertiary/aromatic N) is 5. The summed E-state index contributed by atoms with van der Waals surface area (Å²) < 4.78 is 41.7. The van der Waals surface area contributed by atoms with Gasteiger partial charge in [-0.05, 0) is 24.3 Å². The van der Waals surface area contributed by atoms with Crippen molar-refractivity contribution in [2.75, 3.05) is 31.1 Å². The van der Waals surface area contributed by atoms with Gasteiger partial charge in [0.25, 0.3) is 5.91 Å². The summed E-state index contributed by atoms with van der Waals surface area (Å²) in [7, 11) is 0. The number of hydrogen-bond donors (Lipinski definition) is 0. The average molecular weight is 401 g/mol. The molecule has 29 heavy (non-hydrogen) atoms. The number of carbonyl (C=O) groups excluding carboxylic acids is 1. The first-order valence-corrected chi connectivity index (χ1v) is 9.42. The number of pyridine rings is 1. The Labute approximate surface area is 164 Å². The lowest BCUT2D eigenvalue weighted by Gasteiger charge is -2.25. The quantitative estimate of drug-likeness (QED) is 0.663. The molecule has 9 heteroatoms. The van der Waals surface area contributed by atoms with Crippen LogP contribution in [0.2, 0.25) is 0 Å². The zero-order valence-electron chi connectivity index (χ0n) is 15.4. The number of carbonyl (C=O) groups is 1. The molecule has 6 nitrogen and oxygen atoms in total. The Morgan fingerprint density at radius 2 is 1.62 bits per heavy atom. The van der Waals surface area contributed by atoms with Crippen molar-refractivity contribution in [2.24, 2.45) is 11.8 Å². The SMILES string of the molecule is O=C(c1nnc2ccccn12)N1C[C@@H]2CN(c3ccccc3C(F)(F)F)C[C@@H]2C1. The Balaban J connectivity index is 1.33. The highest BCUT2D eigenvalue weighted by Crippen LogP contribution is 2.40. The van der Waals surface area contributed by atoms with Crippen molar-refractivity contribution in [3.63, 3.8) is 0 Å². The van der Waals surface area contributed by atoms with Gasteiger partial charge in [-0.1, -0.05) is 18.2 Å². The molecule has 0 N–H and O–H groups in total. The molecule has 2 fully saturated rings. The van der Waals surface area contributed by atoms with Gasteiger partial charge in [0, 0.05) is 49.9 Å². The molecule has 0 spiro atoms. The summed E-state index contributed by atoms with van der Waals surface area (Å²) in [5.74, 6) is 0.346. The van der Waals surface area contributed by atoms with Crippen LogP contribution >= 0.6 is 0 Å². The third-order valence-electron chi connectivity index (χ3n) is 5.83. The van der Waals surface area contributed by atoms with E-state index < -0.39 is 11.7 Å². The maximum Gasteiger partial charge on any atom is 0.418 e. The topological polar surface area (TPSA) is 53.7 Å². The van der Waals surface area contributed by atoms with Crippen LogP contribution in [-0.4, -0.2) is 51.6 Å². The fraction of sp³-hybridized carbons (Fsp3) is 0.350. The summed E-state index contributed by atoms with van der Waals surface area (Å²) in [6.07, 6.45) is -2.64. The number of amides is 1. The van der Waals surface area contributed by atoms with E-state index in [1.807, 2.05) is 12.1 Å². The zero-order valence-corrected chi connectivity index (χ0v) is 15.4. The van der Waals surface area contributed by atoms with Crippen LogP contribution in [0.15, 0.2) is 48.7 Å². The predicted octanol–water partition coefficient (Wildman–Crippen LogP) is 2.96. The number of benzene rings is 1. The molecule has 1 amide bonds. The lowest BCUT2D eigenvalue weighted by atomic mass is 10.0. The van der Waals surface area contributed by atoms with Crippen LogP contribution in [0.4, 0.5) is 18.9 Å². The number of likely N-dealkylation sites (tertiary alicyclic amines) is 1. The molecular formula is C20H18F3N5O. The summed E-state index contributed by atoms with van der Waals surface area (Å²) in [5, 5.41) is 8.04. The van der Waals surface area contributed by atoms with Crippen molar-refractivity contribution in [3.8, 4) is 0 Å². The van der Waals surface area contributed by atoms with E-state index in [0.29, 0.717) is 31.8 Å². The van der Waals surface area contributed by atoms with Crippen molar-refractivity contribution in [1.29, 1.82) is 0 Å². The molecule has 2 aliphatic rings. The Morgan fingerprint density at radius 3 is 2.34 bits per heavy atom. The van der Waals surface area contributed by atoms with Crippen molar-refractivity contribution < 1.29 is 18.0 Å². The van der Waals surface area contributed by atoms with Gasteiger partial charge in [0.2, 0.25) is 5.82 Å². The number of hydrogen-bond acceptors (Lipinski definition) is 4. The van der Waals surface area contributed by atoms with Gasteiger partial charge < -0.3 is 9.80 Å². The number of aromatic nitrogens is 3. The lowest BCUT2D eigenvalue weighted by molar-refractivity contribution is -0.137. The van der Waals surface area contributed by atoms with Gasteiger partial charge in [0.15, 0.2) is 5.65 Å². The highest BCUT2D eigenvalue weighted by atomic mass is 19.4. The molecule has 0 aliphatic carbocycles. The number of fused-ring (bicyclic) bond motifs is 2. The first-order valence-electron chi connectivity index (χ1n) is 9.42. The van der Waals surface area contributed by atoms with Gasteiger partial charge in [0.1, 0.15) is 0 Å². The van der Waals surface area contributed by atoms with Crippen LogP contribution in [-0.2, 0) is 6.18 Å². The highest BCUT2D eigenvalue weighted by molar-refractivity contribution is 5.91. The van der Waals surface area contributed by atoms with Crippen LogP contribution in [0.1, 0.15) is 16.2 Å². The smallest absolute Gasteiger partial charge is 0.370 e. The van der Waals surface area contributed by atoms with E-state index in [2.05, 4.69) is 10.2 Å². The van der Waals surface area contributed by atoms with Crippen LogP contribution in [0.3, 0.4) is 0 Å². The molecule has 0 radical (unpaired) electrons. The van der Waals surface area contributed by atoms with E-state index in [1.54, 1.807) is 32.5 Å². The predicted molar refractivity (Wildman–Crippen MR) is 99.5 cm³/mol. The van der Waals surface area contributed by atoms with Crippen molar-refractivity contribution >= 4 is 17.2 Å². The van der Waals surface area contributed by atoms with Crippen LogP contribution in [0, 0.1) is 11.8 Å². The Hall–Kier alpha value is -3.10. The molecule has 0 bridgehead atoms. The summed E-state index contributed by atoms with van der Waals surface area (Å²) in [5.41, 5.74) is 0.212. The number of anilines is 1. The largest absolute Gasteiger partial charge is 0.418 e. The average Bonchev–Trinajstić information content (AvgIpc) is 3.39. The third kappa shape index (κ3) is 3.01. The lowest BCUT2D eigenvalue weighted by Crippen LogP contribution is -2.34. The Bertz CT molecular complexity index is 1070. The maximum absolute atomic E-state index is 13.3. The van der Waals surface area contributed by atoms with Gasteiger partial charge in [0.05, 0.1) is 5.56 Å². The van der Waals surface area contributed by atoms with Crippen molar-refractivity contribution in [2.45, 2.75) is 6.18 Å². The molecule has 5 rings (SSSR count). The normalized spacial score (nSPS) is 21.8. The summed E-state index contributed by atoms with van der Waals surface area (Å²) in [6, 6.07) is 11.1. The minimum atomic E-state index is -4.38. The zero-order chi connectivity index (χ0) is 20.2. The fourth-order valence-corrected chi connectivity index (χ4v) is 4.47. The second kappa shape index (κ2) is 6.47. The summed E-state index contributed by atoms with van der Waals surface area (Å²) in [6.45, 7) is 2.02. The van der Waals surface area contributed by atoms with Crippen molar-refractivity contribution in [3.05, 3.63) is 60.0 Å². The second-order valence-corrected chi connectivity index (χ2v) is 7.60. The van der Waals surface area contributed by atoms with Gasteiger partial charge in [-0.3, -0.25) is 9.20 Å². The van der Waals surface area contributed by atoms with Crippen LogP contribution in [0.5, 0.6) is 0 Å². The molecule has 150 valence electrons. The molecule has 0 saturated carbocycles. The number of rotatable bonds is 2. The van der Waals surface area contributed by atoms with Gasteiger partial charge in [-0.2, -0.15) is 13.2 Å². The van der Waals surface area contributed by atoms with E-state index in [4.69, 9.17) is 0 Å². The minimum absolute atomic E-state index is 0.138. The molecule has 3 aromatic rings. The maximum atomic E-state index is 13.3. The molecular weight excluding hydrogens is 383 g/mol. The second-order valence-electron chi connectivity index (χ2n) is 7.60. The molecule has 2 aliphatic heterocycles. The molecule has 4 heterocycles. The molecule has 2 saturated heterocycles. The van der Waals surface area contributed by atoms with Crippen LogP contribution in [0.25, 0.3) is 5.65 Å². The number of halogens is 3. The van der Waals surface area contributed by atoms with Crippen molar-refractivity contribution in [1.82, 2.24) is 19.5 Å². The molecule has 1 aromatic carbocycles. The molecule has 2 atom stereocenters. The third-order valence-corrected chi connectivity index (χ3v) is 5.83. The summed E-state index contributed by atoms with van der Waals surface area (Å²) in [4.78, 5) is 16.5. The number of alkyl halides is 3. The van der Waals surface area contributed by atoms with E-state index >= 15 is 0 Å². The van der Waals surface area contributed by atoms with E-state index in [9.17, 15) is 18.0 Å². The Morgan fingerprint density at radius 1 is 0.931 bits per heavy atom. The Kier molecular flexibility index (Phi) is 4.01. The van der Waals surface area contributed by atoms with Gasteiger partial charge in [-0.25, -0.2) is 0 Å². The first kappa shape index (κ1) is 18.0. The number of para-hydroxylation sites is 1. The summed E-state index contributed by atoms with van der Waals surface area (Å²) >= 11 is 0.